The van der Waals surface area contributed by atoms with Gasteiger partial charge in [-0.05, 0) is 36.8 Å². The first-order chi connectivity index (χ1) is 14.2. The molecule has 1 aliphatic heterocycles. The maximum Gasteiger partial charge on any atom is 0.416 e. The first kappa shape index (κ1) is 19.8. The van der Waals surface area contributed by atoms with E-state index in [0.29, 0.717) is 22.2 Å². The molecule has 1 aliphatic rings. The van der Waals surface area contributed by atoms with Crippen LogP contribution in [0.5, 0.6) is 5.75 Å². The first-order valence-corrected chi connectivity index (χ1v) is 9.21. The van der Waals surface area contributed by atoms with Gasteiger partial charge in [0.1, 0.15) is 5.75 Å². The maximum absolute atomic E-state index is 13.0. The Balaban J connectivity index is 1.83. The highest BCUT2D eigenvalue weighted by Gasteiger charge is 2.32. The van der Waals surface area contributed by atoms with Gasteiger partial charge in [-0.1, -0.05) is 18.2 Å². The number of benzene rings is 2. The van der Waals surface area contributed by atoms with Crippen molar-refractivity contribution >= 4 is 22.6 Å². The molecule has 156 valence electrons. The fourth-order valence-corrected chi connectivity index (χ4v) is 3.68. The van der Waals surface area contributed by atoms with Crippen LogP contribution in [-0.2, 0) is 17.5 Å². The van der Waals surface area contributed by atoms with Crippen LogP contribution in [0.2, 0.25) is 0 Å². The minimum Gasteiger partial charge on any atom is -0.506 e. The van der Waals surface area contributed by atoms with Crippen molar-refractivity contribution in [1.82, 2.24) is 4.57 Å². The molecule has 30 heavy (non-hydrogen) atoms. The van der Waals surface area contributed by atoms with E-state index in [2.05, 4.69) is 5.32 Å². The van der Waals surface area contributed by atoms with Gasteiger partial charge in [-0.15, -0.1) is 0 Å². The van der Waals surface area contributed by atoms with Gasteiger partial charge in [0.2, 0.25) is 0 Å². The largest absolute Gasteiger partial charge is 0.506 e. The Bertz CT molecular complexity index is 1200. The van der Waals surface area contributed by atoms with E-state index in [1.165, 1.54) is 16.7 Å². The van der Waals surface area contributed by atoms with Crippen molar-refractivity contribution in [2.75, 3.05) is 11.9 Å². The molecule has 2 N–H and O–H groups in total. The molecule has 0 saturated heterocycles. The highest BCUT2D eigenvalue weighted by Crippen LogP contribution is 2.38. The normalized spacial score (nSPS) is 15.7. The zero-order valence-corrected chi connectivity index (χ0v) is 15.8. The number of carbonyl (C=O) groups excluding carboxylic acids is 1. The second kappa shape index (κ2) is 7.08. The second-order valence-electron chi connectivity index (χ2n) is 6.88. The third kappa shape index (κ3) is 3.16. The van der Waals surface area contributed by atoms with Gasteiger partial charge >= 0.3 is 12.1 Å². The summed E-state index contributed by atoms with van der Waals surface area (Å²) in [5.74, 6) is -1.39. The molecular weight excluding hydrogens is 401 g/mol. The summed E-state index contributed by atoms with van der Waals surface area (Å²) in [6.07, 6.45) is -4.44. The van der Waals surface area contributed by atoms with E-state index in [4.69, 9.17) is 4.74 Å². The molecule has 6 nitrogen and oxygen atoms in total. The van der Waals surface area contributed by atoms with Gasteiger partial charge in [-0.2, -0.15) is 13.2 Å². The van der Waals surface area contributed by atoms with Crippen LogP contribution < -0.4 is 10.9 Å². The Hall–Kier alpha value is -3.49. The molecule has 9 heteroatoms. The lowest BCUT2D eigenvalue weighted by atomic mass is 10.00. The summed E-state index contributed by atoms with van der Waals surface area (Å²) in [5.41, 5.74) is -0.471. The lowest BCUT2D eigenvalue weighted by Crippen LogP contribution is -2.34. The smallest absolute Gasteiger partial charge is 0.416 e. The summed E-state index contributed by atoms with van der Waals surface area (Å²) in [6.45, 7) is 1.68. The van der Waals surface area contributed by atoms with E-state index >= 15 is 0 Å². The van der Waals surface area contributed by atoms with E-state index < -0.39 is 40.6 Å². The number of esters is 1. The third-order valence-corrected chi connectivity index (χ3v) is 5.07. The molecule has 0 fully saturated rings. The van der Waals surface area contributed by atoms with Gasteiger partial charge in [-0.3, -0.25) is 4.79 Å². The Kier molecular flexibility index (Phi) is 4.68. The molecular formula is C21H17F3N2O4. The molecule has 1 aromatic heterocycles. The average molecular weight is 418 g/mol. The molecule has 0 saturated carbocycles. The fourth-order valence-electron chi connectivity index (χ4n) is 3.68. The number of rotatable bonds is 3. The number of hydrogen-bond donors (Lipinski definition) is 2. The Morgan fingerprint density at radius 1 is 1.23 bits per heavy atom. The third-order valence-electron chi connectivity index (χ3n) is 5.07. The van der Waals surface area contributed by atoms with Crippen LogP contribution in [0.3, 0.4) is 0 Å². The molecule has 0 radical (unpaired) electrons. The minimum atomic E-state index is -4.44. The summed E-state index contributed by atoms with van der Waals surface area (Å²) in [4.78, 5) is 25.3. The number of pyridine rings is 1. The molecule has 0 amide bonds. The fraction of sp³-hybridized carbons (Fsp3) is 0.238. The van der Waals surface area contributed by atoms with E-state index in [1.54, 1.807) is 25.1 Å². The van der Waals surface area contributed by atoms with Gasteiger partial charge in [0.05, 0.1) is 36.0 Å². The molecule has 0 spiro atoms. The number of aromatic hydroxyl groups is 1. The molecule has 4 rings (SSSR count). The van der Waals surface area contributed by atoms with Crippen LogP contribution in [0.25, 0.3) is 10.9 Å². The SMILES string of the molecule is CCOC(=O)c1c(O)c2cccc3c2n(c1=O)CC(c1ccc(C(F)(F)F)cc1)N3. The number of hydrogen-bond acceptors (Lipinski definition) is 5. The standard InChI is InChI=1S/C21H17F3N2O4/c1-2-30-20(29)16-18(27)13-4-3-5-14-17(13)26(19(16)28)10-15(25-14)11-6-8-12(9-7-11)21(22,23)24/h3-9,15,25,27H,2,10H2,1H3. The topological polar surface area (TPSA) is 80.6 Å². The molecule has 2 aromatic carbocycles. The Morgan fingerprint density at radius 2 is 1.93 bits per heavy atom. The summed E-state index contributed by atoms with van der Waals surface area (Å²) in [6, 6.07) is 9.07. The zero-order chi connectivity index (χ0) is 21.6. The molecule has 1 unspecified atom stereocenters. The average Bonchev–Trinajstić information content (AvgIpc) is 2.71. The Labute approximate surface area is 168 Å². The number of nitrogens with one attached hydrogen (secondary N) is 1. The van der Waals surface area contributed by atoms with Crippen molar-refractivity contribution in [3.63, 3.8) is 0 Å². The monoisotopic (exact) mass is 418 g/mol. The van der Waals surface area contributed by atoms with Gasteiger partial charge in [0.15, 0.2) is 5.56 Å². The second-order valence-corrected chi connectivity index (χ2v) is 6.88. The van der Waals surface area contributed by atoms with Crippen LogP contribution in [0.15, 0.2) is 47.3 Å². The lowest BCUT2D eigenvalue weighted by Gasteiger charge is -2.30. The van der Waals surface area contributed by atoms with Crippen LogP contribution in [0, 0.1) is 0 Å². The predicted molar refractivity (Wildman–Crippen MR) is 104 cm³/mol. The van der Waals surface area contributed by atoms with Crippen molar-refractivity contribution in [2.45, 2.75) is 25.7 Å². The van der Waals surface area contributed by atoms with Gasteiger partial charge in [-0.25, -0.2) is 4.79 Å². The molecule has 2 heterocycles. The number of alkyl halides is 3. The number of ether oxygens (including phenoxy) is 1. The highest BCUT2D eigenvalue weighted by atomic mass is 19.4. The summed E-state index contributed by atoms with van der Waals surface area (Å²) < 4.78 is 44.8. The molecule has 3 aromatic rings. The van der Waals surface area contributed by atoms with Gasteiger partial charge in [0.25, 0.3) is 5.56 Å². The van der Waals surface area contributed by atoms with E-state index in [1.807, 2.05) is 0 Å². The summed E-state index contributed by atoms with van der Waals surface area (Å²) in [5, 5.41) is 14.0. The van der Waals surface area contributed by atoms with Crippen molar-refractivity contribution in [2.24, 2.45) is 0 Å². The van der Waals surface area contributed by atoms with Gasteiger partial charge in [0, 0.05) is 5.39 Å². The molecule has 0 aliphatic carbocycles. The number of aromatic nitrogens is 1. The number of anilines is 1. The lowest BCUT2D eigenvalue weighted by molar-refractivity contribution is -0.137. The summed E-state index contributed by atoms with van der Waals surface area (Å²) >= 11 is 0. The van der Waals surface area contributed by atoms with E-state index in [-0.39, 0.29) is 13.2 Å². The first-order valence-electron chi connectivity index (χ1n) is 9.21. The number of para-hydroxylation sites is 1. The van der Waals surface area contributed by atoms with Gasteiger partial charge < -0.3 is 19.7 Å². The van der Waals surface area contributed by atoms with Crippen LogP contribution in [-0.4, -0.2) is 22.2 Å². The minimum absolute atomic E-state index is 0.0333. The predicted octanol–water partition coefficient (Wildman–Crippen LogP) is 4.07. The van der Waals surface area contributed by atoms with Crippen LogP contribution in [0.1, 0.15) is 34.5 Å². The maximum atomic E-state index is 13.0. The van der Waals surface area contributed by atoms with Crippen molar-refractivity contribution in [3.8, 4) is 5.75 Å². The van der Waals surface area contributed by atoms with Crippen molar-refractivity contribution in [1.29, 1.82) is 0 Å². The highest BCUT2D eigenvalue weighted by molar-refractivity contribution is 6.03. The van der Waals surface area contributed by atoms with E-state index in [0.717, 1.165) is 12.1 Å². The van der Waals surface area contributed by atoms with Crippen LogP contribution >= 0.6 is 0 Å². The molecule has 1 atom stereocenters. The van der Waals surface area contributed by atoms with E-state index in [9.17, 15) is 27.9 Å². The molecule has 0 bridgehead atoms. The summed E-state index contributed by atoms with van der Waals surface area (Å²) in [7, 11) is 0. The zero-order valence-electron chi connectivity index (χ0n) is 15.8. The number of halogens is 3. The van der Waals surface area contributed by atoms with Crippen LogP contribution in [0.4, 0.5) is 18.9 Å². The number of nitrogens with zero attached hydrogens (tertiary/aromatic N) is 1. The quantitative estimate of drug-likeness (QED) is 0.627. The van der Waals surface area contributed by atoms with Crippen molar-refractivity contribution in [3.05, 3.63) is 69.5 Å². The number of carbonyl (C=O) groups is 1. The van der Waals surface area contributed by atoms with Crippen molar-refractivity contribution < 1.29 is 27.8 Å². The Morgan fingerprint density at radius 3 is 2.57 bits per heavy atom.